The number of aromatic nitrogens is 1. The van der Waals surface area contributed by atoms with Crippen molar-refractivity contribution in [2.45, 2.75) is 12.5 Å². The number of benzene rings is 1. The SMILES string of the molecule is COc1cc(C(=O)NC2CCN(c3ccccn3)C2)ccc1Cl. The molecule has 1 aliphatic heterocycles. The maximum atomic E-state index is 12.4. The Morgan fingerprint density at radius 3 is 3.00 bits per heavy atom. The average Bonchev–Trinajstić information content (AvgIpc) is 3.04. The van der Waals surface area contributed by atoms with Crippen molar-refractivity contribution in [2.75, 3.05) is 25.1 Å². The second-order valence-corrected chi connectivity index (χ2v) is 5.85. The number of hydrogen-bond donors (Lipinski definition) is 1. The molecule has 0 spiro atoms. The van der Waals surface area contributed by atoms with Gasteiger partial charge in [0.25, 0.3) is 5.91 Å². The van der Waals surface area contributed by atoms with E-state index in [-0.39, 0.29) is 11.9 Å². The van der Waals surface area contributed by atoms with Crippen LogP contribution in [0.25, 0.3) is 0 Å². The van der Waals surface area contributed by atoms with Gasteiger partial charge in [-0.2, -0.15) is 0 Å². The number of hydrogen-bond acceptors (Lipinski definition) is 4. The second-order valence-electron chi connectivity index (χ2n) is 5.44. The van der Waals surface area contributed by atoms with Crippen LogP contribution in [0.2, 0.25) is 5.02 Å². The van der Waals surface area contributed by atoms with Gasteiger partial charge in [-0.15, -0.1) is 0 Å². The molecule has 1 fully saturated rings. The summed E-state index contributed by atoms with van der Waals surface area (Å²) in [7, 11) is 1.53. The molecule has 5 nitrogen and oxygen atoms in total. The number of pyridine rings is 1. The van der Waals surface area contributed by atoms with E-state index in [1.54, 1.807) is 24.4 Å². The van der Waals surface area contributed by atoms with E-state index < -0.39 is 0 Å². The molecule has 0 saturated carbocycles. The van der Waals surface area contributed by atoms with Crippen molar-refractivity contribution in [3.63, 3.8) is 0 Å². The van der Waals surface area contributed by atoms with Gasteiger partial charge in [0.2, 0.25) is 0 Å². The van der Waals surface area contributed by atoms with E-state index in [0.717, 1.165) is 25.3 Å². The molecule has 1 aliphatic rings. The number of ether oxygens (including phenoxy) is 1. The van der Waals surface area contributed by atoms with E-state index >= 15 is 0 Å². The fourth-order valence-corrected chi connectivity index (χ4v) is 2.89. The lowest BCUT2D eigenvalue weighted by molar-refractivity contribution is 0.0940. The van der Waals surface area contributed by atoms with Gasteiger partial charge < -0.3 is 15.0 Å². The lowest BCUT2D eigenvalue weighted by Crippen LogP contribution is -2.37. The predicted molar refractivity (Wildman–Crippen MR) is 90.3 cm³/mol. The number of rotatable bonds is 4. The Morgan fingerprint density at radius 2 is 2.26 bits per heavy atom. The molecule has 0 radical (unpaired) electrons. The molecule has 6 heteroatoms. The molecular weight excluding hydrogens is 314 g/mol. The van der Waals surface area contributed by atoms with Gasteiger partial charge in [0.1, 0.15) is 11.6 Å². The zero-order valence-corrected chi connectivity index (χ0v) is 13.6. The zero-order valence-electron chi connectivity index (χ0n) is 12.8. The van der Waals surface area contributed by atoms with Crippen molar-refractivity contribution >= 4 is 23.3 Å². The molecule has 23 heavy (non-hydrogen) atoms. The smallest absolute Gasteiger partial charge is 0.251 e. The summed E-state index contributed by atoms with van der Waals surface area (Å²) in [5, 5.41) is 3.55. The molecule has 0 aliphatic carbocycles. The highest BCUT2D eigenvalue weighted by Gasteiger charge is 2.25. The molecule has 2 aromatic rings. The van der Waals surface area contributed by atoms with Crippen LogP contribution in [0.1, 0.15) is 16.8 Å². The summed E-state index contributed by atoms with van der Waals surface area (Å²) >= 11 is 5.99. The third-order valence-electron chi connectivity index (χ3n) is 3.91. The number of anilines is 1. The van der Waals surface area contributed by atoms with Crippen molar-refractivity contribution in [2.24, 2.45) is 0 Å². The van der Waals surface area contributed by atoms with Gasteiger partial charge in [-0.1, -0.05) is 17.7 Å². The highest BCUT2D eigenvalue weighted by molar-refractivity contribution is 6.32. The summed E-state index contributed by atoms with van der Waals surface area (Å²) < 4.78 is 5.15. The first-order valence-corrected chi connectivity index (χ1v) is 7.85. The third-order valence-corrected chi connectivity index (χ3v) is 4.22. The molecule has 1 atom stereocenters. The molecule has 1 aromatic heterocycles. The number of halogens is 1. The molecule has 1 amide bonds. The molecular formula is C17H18ClN3O2. The zero-order chi connectivity index (χ0) is 16.2. The van der Waals surface area contributed by atoms with Crippen molar-refractivity contribution in [1.29, 1.82) is 0 Å². The molecule has 0 bridgehead atoms. The first kappa shape index (κ1) is 15.6. The molecule has 1 aromatic carbocycles. The average molecular weight is 332 g/mol. The van der Waals surface area contributed by atoms with Crippen LogP contribution in [0.5, 0.6) is 5.75 Å². The normalized spacial score (nSPS) is 17.1. The Morgan fingerprint density at radius 1 is 1.39 bits per heavy atom. The van der Waals surface area contributed by atoms with Gasteiger partial charge in [0, 0.05) is 30.9 Å². The number of nitrogens with zero attached hydrogens (tertiary/aromatic N) is 2. The van der Waals surface area contributed by atoms with Gasteiger partial charge in [-0.25, -0.2) is 4.98 Å². The Balaban J connectivity index is 1.63. The van der Waals surface area contributed by atoms with Crippen LogP contribution in [0.4, 0.5) is 5.82 Å². The summed E-state index contributed by atoms with van der Waals surface area (Å²) in [6.45, 7) is 1.64. The van der Waals surface area contributed by atoms with E-state index in [1.165, 1.54) is 7.11 Å². The summed E-state index contributed by atoms with van der Waals surface area (Å²) in [5.74, 6) is 1.33. The predicted octanol–water partition coefficient (Wildman–Crippen LogP) is 2.75. The second kappa shape index (κ2) is 6.87. The van der Waals surface area contributed by atoms with Gasteiger partial charge in [-0.3, -0.25) is 4.79 Å². The minimum Gasteiger partial charge on any atom is -0.495 e. The van der Waals surface area contributed by atoms with Gasteiger partial charge in [0.05, 0.1) is 12.1 Å². The quantitative estimate of drug-likeness (QED) is 0.936. The van der Waals surface area contributed by atoms with Gasteiger partial charge in [0.15, 0.2) is 0 Å². The Kier molecular flexibility index (Phi) is 4.67. The standard InChI is InChI=1S/C17H18ClN3O2/c1-23-15-10-12(5-6-14(15)18)17(22)20-13-7-9-21(11-13)16-4-2-3-8-19-16/h2-6,8,10,13H,7,9,11H2,1H3,(H,20,22). The van der Waals surface area contributed by atoms with Crippen LogP contribution in [0.15, 0.2) is 42.6 Å². The molecule has 1 unspecified atom stereocenters. The van der Waals surface area contributed by atoms with Crippen LogP contribution in [-0.2, 0) is 0 Å². The summed E-state index contributed by atoms with van der Waals surface area (Å²) in [6.07, 6.45) is 2.67. The monoisotopic (exact) mass is 331 g/mol. The van der Waals surface area contributed by atoms with Crippen LogP contribution < -0.4 is 15.0 Å². The topological polar surface area (TPSA) is 54.5 Å². The van der Waals surface area contributed by atoms with Crippen molar-refractivity contribution in [1.82, 2.24) is 10.3 Å². The molecule has 3 rings (SSSR count). The number of amides is 1. The first-order valence-electron chi connectivity index (χ1n) is 7.48. The van der Waals surface area contributed by atoms with Crippen LogP contribution >= 0.6 is 11.6 Å². The van der Waals surface area contributed by atoms with Gasteiger partial charge >= 0.3 is 0 Å². The minimum atomic E-state index is -0.118. The Labute approximate surface area is 140 Å². The number of carbonyl (C=O) groups is 1. The largest absolute Gasteiger partial charge is 0.495 e. The fraction of sp³-hybridized carbons (Fsp3) is 0.294. The highest BCUT2D eigenvalue weighted by Crippen LogP contribution is 2.25. The lowest BCUT2D eigenvalue weighted by atomic mass is 10.1. The van der Waals surface area contributed by atoms with Crippen LogP contribution in [0, 0.1) is 0 Å². The molecule has 1 saturated heterocycles. The van der Waals surface area contributed by atoms with E-state index in [1.807, 2.05) is 18.2 Å². The highest BCUT2D eigenvalue weighted by atomic mass is 35.5. The van der Waals surface area contributed by atoms with Crippen molar-refractivity contribution in [3.05, 3.63) is 53.2 Å². The first-order chi connectivity index (χ1) is 11.2. The maximum Gasteiger partial charge on any atom is 0.251 e. The summed E-state index contributed by atoms with van der Waals surface area (Å²) in [5.41, 5.74) is 0.544. The van der Waals surface area contributed by atoms with Crippen LogP contribution in [0.3, 0.4) is 0 Å². The summed E-state index contributed by atoms with van der Waals surface area (Å²) in [4.78, 5) is 18.9. The van der Waals surface area contributed by atoms with Crippen molar-refractivity contribution < 1.29 is 9.53 Å². The molecule has 2 heterocycles. The fourth-order valence-electron chi connectivity index (χ4n) is 2.70. The van der Waals surface area contributed by atoms with Crippen molar-refractivity contribution in [3.8, 4) is 5.75 Å². The number of carbonyl (C=O) groups excluding carboxylic acids is 1. The Hall–Kier alpha value is -2.27. The maximum absolute atomic E-state index is 12.4. The molecule has 1 N–H and O–H groups in total. The summed E-state index contributed by atoms with van der Waals surface area (Å²) in [6, 6.07) is 11.0. The third kappa shape index (κ3) is 3.56. The van der Waals surface area contributed by atoms with E-state index in [2.05, 4.69) is 15.2 Å². The van der Waals surface area contributed by atoms with Gasteiger partial charge in [-0.05, 0) is 36.8 Å². The molecule has 120 valence electrons. The number of methoxy groups -OCH3 is 1. The van der Waals surface area contributed by atoms with E-state index in [9.17, 15) is 4.79 Å². The lowest BCUT2D eigenvalue weighted by Gasteiger charge is -2.18. The number of nitrogens with one attached hydrogen (secondary N) is 1. The minimum absolute atomic E-state index is 0.103. The van der Waals surface area contributed by atoms with Crippen LogP contribution in [-0.4, -0.2) is 37.1 Å². The van der Waals surface area contributed by atoms with E-state index in [4.69, 9.17) is 16.3 Å². The Bertz CT molecular complexity index is 693. The van der Waals surface area contributed by atoms with E-state index in [0.29, 0.717) is 16.3 Å².